The monoisotopic (exact) mass is 547 g/mol. The number of carbonyl (C=O) groups is 1. The Kier molecular flexibility index (Phi) is 8.68. The first-order chi connectivity index (χ1) is 18.9. The molecule has 4 rings (SSSR count). The molecular weight excluding hydrogens is 506 g/mol. The van der Waals surface area contributed by atoms with E-state index >= 15 is 0 Å². The van der Waals surface area contributed by atoms with Crippen LogP contribution in [0.15, 0.2) is 48.8 Å². The summed E-state index contributed by atoms with van der Waals surface area (Å²) >= 11 is 0. The third-order valence-corrected chi connectivity index (χ3v) is 7.28. The molecule has 0 radical (unpaired) electrons. The van der Waals surface area contributed by atoms with Crippen LogP contribution in [0.3, 0.4) is 0 Å². The van der Waals surface area contributed by atoms with Crippen molar-refractivity contribution in [2.75, 3.05) is 25.1 Å². The van der Waals surface area contributed by atoms with Gasteiger partial charge in [0, 0.05) is 41.7 Å². The number of nitrogens with zero attached hydrogens (tertiary/aromatic N) is 3. The molecule has 0 spiro atoms. The van der Waals surface area contributed by atoms with E-state index in [1.807, 2.05) is 64.1 Å². The maximum Gasteiger partial charge on any atom is 0.337 e. The Balaban J connectivity index is 1.73. The van der Waals surface area contributed by atoms with Gasteiger partial charge in [0.1, 0.15) is 18.1 Å². The zero-order valence-electron chi connectivity index (χ0n) is 24.7. The van der Waals surface area contributed by atoms with Gasteiger partial charge in [-0.2, -0.15) is 0 Å². The number of para-hydroxylation sites is 1. The third-order valence-electron chi connectivity index (χ3n) is 7.28. The minimum Gasteiger partial charge on any atom is -0.496 e. The van der Waals surface area contributed by atoms with E-state index in [1.54, 1.807) is 19.5 Å². The summed E-state index contributed by atoms with van der Waals surface area (Å²) in [6, 6.07) is 11.5. The van der Waals surface area contributed by atoms with E-state index in [9.17, 15) is 9.90 Å². The van der Waals surface area contributed by atoms with Crippen molar-refractivity contribution < 1.29 is 24.1 Å². The van der Waals surface area contributed by atoms with Gasteiger partial charge in [-0.15, -0.1) is 0 Å². The number of aromatic nitrogens is 2. The molecule has 8 nitrogen and oxygen atoms in total. The van der Waals surface area contributed by atoms with Crippen LogP contribution < -0.4 is 14.4 Å². The molecule has 0 aliphatic carbocycles. The Labute approximate surface area is 237 Å². The highest BCUT2D eigenvalue weighted by molar-refractivity contribution is 5.85. The molecule has 3 aromatic rings. The highest BCUT2D eigenvalue weighted by Gasteiger charge is 2.36. The average molecular weight is 548 g/mol. The largest absolute Gasteiger partial charge is 0.496 e. The lowest BCUT2D eigenvalue weighted by Crippen LogP contribution is -2.39. The molecule has 1 fully saturated rings. The Morgan fingerprint density at radius 1 is 1.07 bits per heavy atom. The van der Waals surface area contributed by atoms with Crippen LogP contribution >= 0.6 is 0 Å². The summed E-state index contributed by atoms with van der Waals surface area (Å²) in [4.78, 5) is 24.2. The summed E-state index contributed by atoms with van der Waals surface area (Å²) < 4.78 is 17.5. The number of carboxylic acid groups (broad SMARTS) is 1. The van der Waals surface area contributed by atoms with Gasteiger partial charge in [-0.1, -0.05) is 32.0 Å². The van der Waals surface area contributed by atoms with Crippen LogP contribution in [0.4, 0.5) is 5.69 Å². The van der Waals surface area contributed by atoms with Crippen LogP contribution in [0.1, 0.15) is 70.4 Å². The molecule has 214 valence electrons. The van der Waals surface area contributed by atoms with Crippen LogP contribution in [0.25, 0.3) is 11.3 Å². The first-order valence-electron chi connectivity index (χ1n) is 13.7. The summed E-state index contributed by atoms with van der Waals surface area (Å²) in [5, 5.41) is 10.3. The molecular formula is C32H41N3O5. The molecule has 1 atom stereocenters. The predicted octanol–water partition coefficient (Wildman–Crippen LogP) is 6.61. The number of rotatable bonds is 9. The van der Waals surface area contributed by atoms with Gasteiger partial charge in [0.2, 0.25) is 0 Å². The number of ether oxygens (including phenoxy) is 3. The number of anilines is 1. The number of methoxy groups -OCH3 is 1. The van der Waals surface area contributed by atoms with Crippen LogP contribution in [0, 0.1) is 12.3 Å². The Hall–Kier alpha value is -3.65. The molecule has 1 aliphatic rings. The molecule has 40 heavy (non-hydrogen) atoms. The fourth-order valence-corrected chi connectivity index (χ4v) is 4.98. The lowest BCUT2D eigenvalue weighted by atomic mass is 9.82. The van der Waals surface area contributed by atoms with E-state index in [2.05, 4.69) is 23.7 Å². The second-order valence-corrected chi connectivity index (χ2v) is 12.1. The second-order valence-electron chi connectivity index (χ2n) is 12.1. The van der Waals surface area contributed by atoms with Crippen molar-refractivity contribution in [3.05, 3.63) is 65.6 Å². The van der Waals surface area contributed by atoms with Gasteiger partial charge in [-0.3, -0.25) is 9.97 Å². The van der Waals surface area contributed by atoms with Crippen molar-refractivity contribution in [1.82, 2.24) is 9.97 Å². The Bertz CT molecular complexity index is 1320. The van der Waals surface area contributed by atoms with Crippen LogP contribution in [-0.2, 0) is 16.1 Å². The smallest absolute Gasteiger partial charge is 0.337 e. The Morgan fingerprint density at radius 2 is 1.77 bits per heavy atom. The van der Waals surface area contributed by atoms with E-state index in [4.69, 9.17) is 19.2 Å². The van der Waals surface area contributed by atoms with E-state index in [0.29, 0.717) is 29.3 Å². The molecule has 1 aliphatic heterocycles. The average Bonchev–Trinajstić information content (AvgIpc) is 2.90. The molecule has 8 heteroatoms. The van der Waals surface area contributed by atoms with Crippen molar-refractivity contribution in [3.8, 4) is 22.8 Å². The van der Waals surface area contributed by atoms with Crippen molar-refractivity contribution in [1.29, 1.82) is 0 Å². The molecule has 1 aromatic carbocycles. The van der Waals surface area contributed by atoms with Gasteiger partial charge in [0.25, 0.3) is 0 Å². The molecule has 0 amide bonds. The van der Waals surface area contributed by atoms with Gasteiger partial charge < -0.3 is 24.2 Å². The van der Waals surface area contributed by atoms with Crippen molar-refractivity contribution in [2.45, 2.75) is 72.7 Å². The summed E-state index contributed by atoms with van der Waals surface area (Å²) in [7, 11) is 1.64. The molecule has 0 saturated carbocycles. The SMILES string of the molecule is COc1ccccc1COc1ccc(-c2cnc(C)c([C@H](OC(C)(C)C)C(=O)O)c2N2CCC(C)(C)CC2)nc1. The van der Waals surface area contributed by atoms with Crippen LogP contribution in [0.5, 0.6) is 11.5 Å². The number of carboxylic acids is 1. The van der Waals surface area contributed by atoms with Crippen LogP contribution in [0.2, 0.25) is 0 Å². The number of aliphatic carboxylic acids is 1. The number of hydrogen-bond acceptors (Lipinski definition) is 7. The molecule has 1 N–H and O–H groups in total. The normalized spacial score (nSPS) is 15.9. The number of hydrogen-bond donors (Lipinski definition) is 1. The summed E-state index contributed by atoms with van der Waals surface area (Å²) in [6.45, 7) is 14.0. The minimum absolute atomic E-state index is 0.228. The fraction of sp³-hybridized carbons (Fsp3) is 0.469. The van der Waals surface area contributed by atoms with E-state index in [1.165, 1.54) is 0 Å². The summed E-state index contributed by atoms with van der Waals surface area (Å²) in [5.41, 5.74) is 4.02. The molecule has 1 saturated heterocycles. The predicted molar refractivity (Wildman–Crippen MR) is 156 cm³/mol. The van der Waals surface area contributed by atoms with Crippen LogP contribution in [-0.4, -0.2) is 46.8 Å². The number of pyridine rings is 2. The minimum atomic E-state index is -1.17. The van der Waals surface area contributed by atoms with Gasteiger partial charge in [0.15, 0.2) is 6.10 Å². The van der Waals surface area contributed by atoms with Gasteiger partial charge >= 0.3 is 5.97 Å². The maximum absolute atomic E-state index is 12.6. The maximum atomic E-state index is 12.6. The van der Waals surface area contributed by atoms with E-state index < -0.39 is 17.7 Å². The molecule has 3 heterocycles. The molecule has 0 bridgehead atoms. The zero-order chi connectivity index (χ0) is 29.1. The number of benzene rings is 1. The van der Waals surface area contributed by atoms with E-state index in [0.717, 1.165) is 48.5 Å². The van der Waals surface area contributed by atoms with Crippen molar-refractivity contribution in [2.24, 2.45) is 5.41 Å². The quantitative estimate of drug-likeness (QED) is 0.320. The highest BCUT2D eigenvalue weighted by atomic mass is 16.5. The first kappa shape index (κ1) is 29.3. The number of piperidine rings is 1. The van der Waals surface area contributed by atoms with Crippen molar-refractivity contribution >= 4 is 11.7 Å². The molecule has 2 aromatic heterocycles. The highest BCUT2D eigenvalue weighted by Crippen LogP contribution is 2.43. The zero-order valence-corrected chi connectivity index (χ0v) is 24.7. The lowest BCUT2D eigenvalue weighted by Gasteiger charge is -2.40. The van der Waals surface area contributed by atoms with Gasteiger partial charge in [0.05, 0.1) is 30.3 Å². The lowest BCUT2D eigenvalue weighted by molar-refractivity contribution is -0.160. The first-order valence-corrected chi connectivity index (χ1v) is 13.7. The Morgan fingerprint density at radius 3 is 2.38 bits per heavy atom. The summed E-state index contributed by atoms with van der Waals surface area (Å²) in [5.74, 6) is 0.351. The second kappa shape index (κ2) is 11.8. The molecule has 0 unspecified atom stereocenters. The topological polar surface area (TPSA) is 94.0 Å². The number of aryl methyl sites for hydroxylation is 1. The third kappa shape index (κ3) is 6.91. The van der Waals surface area contributed by atoms with Gasteiger partial charge in [-0.25, -0.2) is 4.79 Å². The van der Waals surface area contributed by atoms with Gasteiger partial charge in [-0.05, 0) is 64.2 Å². The van der Waals surface area contributed by atoms with E-state index in [-0.39, 0.29) is 5.41 Å². The van der Waals surface area contributed by atoms with Crippen molar-refractivity contribution in [3.63, 3.8) is 0 Å². The fourth-order valence-electron chi connectivity index (χ4n) is 4.98. The summed E-state index contributed by atoms with van der Waals surface area (Å²) in [6.07, 6.45) is 4.30. The standard InChI is InChI=1S/C32H41N3O5/c1-21-27(29(30(36)37)40-31(2,3)4)28(35-16-14-32(5,6)15-17-35)24(19-33-21)25-13-12-23(18-34-25)39-20-22-10-8-9-11-26(22)38-7/h8-13,18-19,29H,14-17,20H2,1-7H3,(H,36,37)/t29-/m0/s1.